The van der Waals surface area contributed by atoms with E-state index in [0.717, 1.165) is 41.8 Å². The number of benzene rings is 1. The number of hydrogen-bond acceptors (Lipinski definition) is 4. The number of fused-ring (bicyclic) bond motifs is 1. The molecule has 0 amide bonds. The van der Waals surface area contributed by atoms with E-state index in [1.54, 1.807) is 0 Å². The van der Waals surface area contributed by atoms with Crippen molar-refractivity contribution in [2.75, 3.05) is 31.2 Å². The highest BCUT2D eigenvalue weighted by atomic mass is 15.1. The maximum atomic E-state index is 5.99. The van der Waals surface area contributed by atoms with Gasteiger partial charge in [-0.2, -0.15) is 0 Å². The summed E-state index contributed by atoms with van der Waals surface area (Å²) in [5.41, 5.74) is 8.79. The van der Waals surface area contributed by atoms with Crippen molar-refractivity contribution >= 4 is 22.3 Å². The Morgan fingerprint density at radius 1 is 1.24 bits per heavy atom. The van der Waals surface area contributed by atoms with Crippen molar-refractivity contribution < 1.29 is 0 Å². The van der Waals surface area contributed by atoms with Gasteiger partial charge in [0.05, 0.1) is 11.2 Å². The van der Waals surface area contributed by atoms with E-state index in [0.29, 0.717) is 6.04 Å². The van der Waals surface area contributed by atoms with E-state index >= 15 is 0 Å². The Morgan fingerprint density at radius 3 is 2.81 bits per heavy atom. The molecule has 1 aromatic carbocycles. The van der Waals surface area contributed by atoms with Gasteiger partial charge in [-0.1, -0.05) is 0 Å². The normalized spacial score (nSPS) is 11.5. The minimum atomic E-state index is 0.614. The van der Waals surface area contributed by atoms with Crippen LogP contribution in [0.1, 0.15) is 26.7 Å². The van der Waals surface area contributed by atoms with Crippen LogP contribution in [0.4, 0.5) is 11.4 Å². The van der Waals surface area contributed by atoms with Gasteiger partial charge in [-0.3, -0.25) is 4.98 Å². The number of aromatic nitrogens is 1. The second-order valence-corrected chi connectivity index (χ2v) is 5.81. The highest BCUT2D eigenvalue weighted by Crippen LogP contribution is 2.26. The van der Waals surface area contributed by atoms with E-state index in [4.69, 9.17) is 5.73 Å². The summed E-state index contributed by atoms with van der Waals surface area (Å²) in [6.07, 6.45) is 4.16. The number of pyridine rings is 1. The van der Waals surface area contributed by atoms with Crippen molar-refractivity contribution in [1.82, 2.24) is 9.88 Å². The molecule has 0 aliphatic heterocycles. The van der Waals surface area contributed by atoms with Crippen LogP contribution >= 0.6 is 0 Å². The first kappa shape index (κ1) is 15.6. The molecule has 0 fully saturated rings. The van der Waals surface area contributed by atoms with Gasteiger partial charge < -0.3 is 16.0 Å². The number of nitrogen functional groups attached to an aromatic ring is 1. The van der Waals surface area contributed by atoms with Crippen LogP contribution in [0.2, 0.25) is 0 Å². The molecule has 0 spiro atoms. The number of rotatable bonds is 7. The van der Waals surface area contributed by atoms with Crippen molar-refractivity contribution in [3.8, 4) is 0 Å². The summed E-state index contributed by atoms with van der Waals surface area (Å²) in [5.74, 6) is 0. The molecule has 0 bridgehead atoms. The van der Waals surface area contributed by atoms with Crippen LogP contribution in [0.3, 0.4) is 0 Å². The molecular formula is C17H26N4. The fourth-order valence-electron chi connectivity index (χ4n) is 2.30. The smallest absolute Gasteiger partial charge is 0.0953 e. The van der Waals surface area contributed by atoms with Crippen LogP contribution in [-0.4, -0.2) is 36.1 Å². The second-order valence-electron chi connectivity index (χ2n) is 5.81. The van der Waals surface area contributed by atoms with Gasteiger partial charge in [0.25, 0.3) is 0 Å². The van der Waals surface area contributed by atoms with Gasteiger partial charge in [0.1, 0.15) is 0 Å². The van der Waals surface area contributed by atoms with E-state index in [-0.39, 0.29) is 0 Å². The standard InChI is InChI=1S/C17H26N4/c1-13(2)21(3)12-5-4-10-19-16-9-8-15(18)14-7-6-11-20-17(14)16/h6-9,11,13,19H,4-5,10,12,18H2,1-3H3. The average Bonchev–Trinajstić information content (AvgIpc) is 2.49. The number of anilines is 2. The molecule has 4 nitrogen and oxygen atoms in total. The number of nitrogens with two attached hydrogens (primary N) is 1. The molecule has 0 radical (unpaired) electrons. The molecule has 0 aliphatic rings. The molecule has 2 rings (SSSR count). The Labute approximate surface area is 127 Å². The number of nitrogens with zero attached hydrogens (tertiary/aromatic N) is 2. The Kier molecular flexibility index (Phi) is 5.39. The Morgan fingerprint density at radius 2 is 2.05 bits per heavy atom. The number of unbranched alkanes of at least 4 members (excludes halogenated alkanes) is 1. The van der Waals surface area contributed by atoms with E-state index in [2.05, 4.69) is 36.1 Å². The molecule has 0 saturated carbocycles. The predicted molar refractivity (Wildman–Crippen MR) is 91.6 cm³/mol. The highest BCUT2D eigenvalue weighted by molar-refractivity contribution is 5.98. The Bertz CT molecular complexity index is 580. The molecule has 1 aromatic heterocycles. The third-order valence-electron chi connectivity index (χ3n) is 3.94. The summed E-state index contributed by atoms with van der Waals surface area (Å²) >= 11 is 0. The van der Waals surface area contributed by atoms with E-state index in [1.807, 2.05) is 30.5 Å². The van der Waals surface area contributed by atoms with E-state index in [1.165, 1.54) is 6.42 Å². The van der Waals surface area contributed by atoms with Crippen molar-refractivity contribution in [2.24, 2.45) is 0 Å². The van der Waals surface area contributed by atoms with Crippen molar-refractivity contribution in [2.45, 2.75) is 32.7 Å². The third-order valence-corrected chi connectivity index (χ3v) is 3.94. The Hall–Kier alpha value is -1.81. The molecule has 4 heteroatoms. The minimum Gasteiger partial charge on any atom is -0.398 e. The number of hydrogen-bond donors (Lipinski definition) is 2. The fraction of sp³-hybridized carbons (Fsp3) is 0.471. The average molecular weight is 286 g/mol. The van der Waals surface area contributed by atoms with E-state index < -0.39 is 0 Å². The maximum Gasteiger partial charge on any atom is 0.0953 e. The molecule has 0 unspecified atom stereocenters. The van der Waals surface area contributed by atoms with Crippen LogP contribution in [-0.2, 0) is 0 Å². The molecule has 3 N–H and O–H groups in total. The van der Waals surface area contributed by atoms with Gasteiger partial charge in [-0.15, -0.1) is 0 Å². The lowest BCUT2D eigenvalue weighted by molar-refractivity contribution is 0.269. The van der Waals surface area contributed by atoms with Crippen molar-refractivity contribution in [3.05, 3.63) is 30.5 Å². The molecule has 0 saturated heterocycles. The first-order valence-electron chi connectivity index (χ1n) is 7.67. The SMILES string of the molecule is CC(C)N(C)CCCCNc1ccc(N)c2cccnc12. The summed E-state index contributed by atoms with van der Waals surface area (Å²) < 4.78 is 0. The molecule has 2 aromatic rings. The second kappa shape index (κ2) is 7.27. The lowest BCUT2D eigenvalue weighted by Crippen LogP contribution is -2.27. The van der Waals surface area contributed by atoms with Gasteiger partial charge in [0.2, 0.25) is 0 Å². The molecule has 21 heavy (non-hydrogen) atoms. The zero-order valence-corrected chi connectivity index (χ0v) is 13.3. The van der Waals surface area contributed by atoms with Crippen LogP contribution in [0, 0.1) is 0 Å². The van der Waals surface area contributed by atoms with Crippen LogP contribution < -0.4 is 11.1 Å². The number of nitrogens with one attached hydrogen (secondary N) is 1. The lowest BCUT2D eigenvalue weighted by Gasteiger charge is -2.20. The molecule has 1 heterocycles. The fourth-order valence-corrected chi connectivity index (χ4v) is 2.30. The summed E-state index contributed by atoms with van der Waals surface area (Å²) in [6.45, 7) is 6.55. The van der Waals surface area contributed by atoms with Gasteiger partial charge in [-0.25, -0.2) is 0 Å². The molecule has 0 aliphatic carbocycles. The first-order chi connectivity index (χ1) is 10.1. The monoisotopic (exact) mass is 286 g/mol. The van der Waals surface area contributed by atoms with Gasteiger partial charge in [0.15, 0.2) is 0 Å². The van der Waals surface area contributed by atoms with Gasteiger partial charge in [-0.05, 0) is 64.5 Å². The van der Waals surface area contributed by atoms with Crippen LogP contribution in [0.15, 0.2) is 30.5 Å². The third kappa shape index (κ3) is 4.08. The van der Waals surface area contributed by atoms with Crippen LogP contribution in [0.5, 0.6) is 0 Å². The molecular weight excluding hydrogens is 260 g/mol. The maximum absolute atomic E-state index is 5.99. The van der Waals surface area contributed by atoms with Gasteiger partial charge in [0, 0.05) is 29.9 Å². The summed E-state index contributed by atoms with van der Waals surface area (Å²) in [5, 5.41) is 4.50. The zero-order chi connectivity index (χ0) is 15.2. The molecule has 0 atom stereocenters. The summed E-state index contributed by atoms with van der Waals surface area (Å²) in [6, 6.07) is 8.51. The zero-order valence-electron chi connectivity index (χ0n) is 13.3. The van der Waals surface area contributed by atoms with Crippen molar-refractivity contribution in [3.63, 3.8) is 0 Å². The molecule has 114 valence electrons. The van der Waals surface area contributed by atoms with Crippen LogP contribution in [0.25, 0.3) is 10.9 Å². The summed E-state index contributed by atoms with van der Waals surface area (Å²) in [4.78, 5) is 6.82. The Balaban J connectivity index is 1.88. The minimum absolute atomic E-state index is 0.614. The topological polar surface area (TPSA) is 54.2 Å². The largest absolute Gasteiger partial charge is 0.398 e. The van der Waals surface area contributed by atoms with Crippen molar-refractivity contribution in [1.29, 1.82) is 0 Å². The first-order valence-corrected chi connectivity index (χ1v) is 7.67. The lowest BCUT2D eigenvalue weighted by atomic mass is 10.1. The quantitative estimate of drug-likeness (QED) is 0.605. The van der Waals surface area contributed by atoms with E-state index in [9.17, 15) is 0 Å². The van der Waals surface area contributed by atoms with Gasteiger partial charge >= 0.3 is 0 Å². The predicted octanol–water partition coefficient (Wildman–Crippen LogP) is 3.35. The highest BCUT2D eigenvalue weighted by Gasteiger charge is 2.05. The summed E-state index contributed by atoms with van der Waals surface area (Å²) in [7, 11) is 2.18.